The van der Waals surface area contributed by atoms with Crippen molar-refractivity contribution in [1.29, 1.82) is 0 Å². The Kier molecular flexibility index (Phi) is 10.5. The molecule has 2 N–H and O–H groups in total. The highest BCUT2D eigenvalue weighted by Gasteiger charge is 2.20. The minimum atomic E-state index is 0.135. The van der Waals surface area contributed by atoms with Crippen LogP contribution >= 0.6 is 11.8 Å². The van der Waals surface area contributed by atoms with Crippen LogP contribution in [0.4, 0.5) is 5.69 Å². The number of allylic oxidation sites excluding steroid dienone is 5. The van der Waals surface area contributed by atoms with Gasteiger partial charge in [0.2, 0.25) is 0 Å². The highest BCUT2D eigenvalue weighted by atomic mass is 32.2. The maximum absolute atomic E-state index is 9.29. The molecule has 0 aromatic heterocycles. The molecule has 1 aromatic rings. The van der Waals surface area contributed by atoms with Crippen LogP contribution in [0.1, 0.15) is 33.3 Å². The summed E-state index contributed by atoms with van der Waals surface area (Å²) in [6.07, 6.45) is 11.0. The zero-order valence-corrected chi connectivity index (χ0v) is 17.5. The second kappa shape index (κ2) is 12.7. The van der Waals surface area contributed by atoms with E-state index in [4.69, 9.17) is 0 Å². The number of nitrogens with zero attached hydrogens (tertiary/aromatic N) is 1. The molecule has 0 fully saturated rings. The van der Waals surface area contributed by atoms with Crippen LogP contribution in [0.2, 0.25) is 0 Å². The van der Waals surface area contributed by atoms with Gasteiger partial charge in [-0.25, -0.2) is 0 Å². The first-order valence-corrected chi connectivity index (χ1v) is 9.86. The summed E-state index contributed by atoms with van der Waals surface area (Å²) >= 11 is 1.63. The molecule has 0 bridgehead atoms. The summed E-state index contributed by atoms with van der Waals surface area (Å²) in [5, 5.41) is 13.4. The van der Waals surface area contributed by atoms with Crippen LogP contribution in [0.5, 0.6) is 0 Å². The summed E-state index contributed by atoms with van der Waals surface area (Å²) in [4.78, 5) is 5.49. The average Bonchev–Trinajstić information content (AvgIpc) is 2.94. The summed E-state index contributed by atoms with van der Waals surface area (Å²) in [5.41, 5.74) is 2.15. The number of rotatable bonds is 1. The fraction of sp³-hybridized carbons (Fsp3) is 0.261. The third-order valence-electron chi connectivity index (χ3n) is 3.37. The van der Waals surface area contributed by atoms with Crippen LogP contribution in [0.25, 0.3) is 0 Å². The third kappa shape index (κ3) is 8.06. The van der Waals surface area contributed by atoms with Crippen molar-refractivity contribution in [3.05, 3.63) is 76.9 Å². The molecule has 4 heteroatoms. The van der Waals surface area contributed by atoms with E-state index in [0.717, 1.165) is 21.2 Å². The lowest BCUT2D eigenvalue weighted by Gasteiger charge is -1.99. The monoisotopic (exact) mass is 380 g/mol. The van der Waals surface area contributed by atoms with Gasteiger partial charge in [-0.15, -0.1) is 0 Å². The number of thioether (sulfide) groups is 1. The first-order chi connectivity index (χ1) is 13.1. The summed E-state index contributed by atoms with van der Waals surface area (Å²) < 4.78 is 0. The van der Waals surface area contributed by atoms with Gasteiger partial charge in [-0.1, -0.05) is 55.7 Å². The van der Waals surface area contributed by atoms with Crippen molar-refractivity contribution in [3.8, 4) is 11.8 Å². The molecule has 3 nitrogen and oxygen atoms in total. The Labute approximate surface area is 167 Å². The fourth-order valence-electron chi connectivity index (χ4n) is 2.15. The van der Waals surface area contributed by atoms with E-state index in [9.17, 15) is 5.11 Å². The van der Waals surface area contributed by atoms with Crippen LogP contribution in [0.3, 0.4) is 0 Å². The lowest BCUT2D eigenvalue weighted by molar-refractivity contribution is 0.432. The number of aliphatic imine (C=N–C) groups is 1. The molecule has 1 heterocycles. The van der Waals surface area contributed by atoms with Crippen LogP contribution in [-0.2, 0) is 0 Å². The standard InChI is InChI=1S/C12H13N.C9H9NOS.C2H6/c1-3-4-5-6-11-7-9-12(13-2)10-8-11;1-6-10-8-4-2-3-7(11)5-9(8)12-6;1-2/h3-4,7-10,13H,1-2H3;2-5,8,11H,1H3;1-2H3/b4-3+;;. The Morgan fingerprint density at radius 2 is 1.93 bits per heavy atom. The van der Waals surface area contributed by atoms with Gasteiger partial charge in [0.1, 0.15) is 11.8 Å². The summed E-state index contributed by atoms with van der Waals surface area (Å²) in [6.45, 7) is 7.94. The molecule has 1 atom stereocenters. The van der Waals surface area contributed by atoms with Crippen molar-refractivity contribution in [1.82, 2.24) is 0 Å². The Balaban J connectivity index is 0.000000248. The zero-order valence-electron chi connectivity index (χ0n) is 16.7. The van der Waals surface area contributed by atoms with Crippen LogP contribution < -0.4 is 5.32 Å². The minimum absolute atomic E-state index is 0.135. The molecule has 0 saturated heterocycles. The molecule has 27 heavy (non-hydrogen) atoms. The quantitative estimate of drug-likeness (QED) is 0.579. The SMILES string of the molecule is C/C=C/C#Cc1ccc(NC)cc1.CC.CC1=NC2C=CC=C(O)C=C2S1. The lowest BCUT2D eigenvalue weighted by atomic mass is 10.2. The van der Waals surface area contributed by atoms with E-state index in [2.05, 4.69) is 22.2 Å². The van der Waals surface area contributed by atoms with Gasteiger partial charge in [0.25, 0.3) is 0 Å². The number of benzene rings is 1. The van der Waals surface area contributed by atoms with E-state index >= 15 is 0 Å². The molecule has 2 aliphatic rings. The maximum atomic E-state index is 9.29. The number of hydrogen-bond acceptors (Lipinski definition) is 4. The van der Waals surface area contributed by atoms with Crippen LogP contribution in [0.15, 0.2) is 76.4 Å². The highest BCUT2D eigenvalue weighted by molar-refractivity contribution is 8.17. The highest BCUT2D eigenvalue weighted by Crippen LogP contribution is 2.33. The second-order valence-electron chi connectivity index (χ2n) is 5.31. The molecular weight excluding hydrogens is 352 g/mol. The van der Waals surface area contributed by atoms with Crippen LogP contribution in [0, 0.1) is 11.8 Å². The van der Waals surface area contributed by atoms with Gasteiger partial charge < -0.3 is 10.4 Å². The van der Waals surface area contributed by atoms with Crippen molar-refractivity contribution < 1.29 is 5.11 Å². The number of aliphatic hydroxyl groups is 1. The average molecular weight is 381 g/mol. The van der Waals surface area contributed by atoms with E-state index in [1.165, 1.54) is 0 Å². The van der Waals surface area contributed by atoms with Gasteiger partial charge in [0.15, 0.2) is 0 Å². The Morgan fingerprint density at radius 1 is 1.22 bits per heavy atom. The summed E-state index contributed by atoms with van der Waals surface area (Å²) in [7, 11) is 1.90. The van der Waals surface area contributed by atoms with Crippen molar-refractivity contribution in [3.63, 3.8) is 0 Å². The third-order valence-corrected chi connectivity index (χ3v) is 4.36. The first kappa shape index (κ1) is 22.4. The molecule has 0 amide bonds. The van der Waals surface area contributed by atoms with E-state index in [1.807, 2.05) is 83.3 Å². The lowest BCUT2D eigenvalue weighted by Crippen LogP contribution is -1.95. The Hall–Kier alpha value is -2.64. The zero-order chi connectivity index (χ0) is 20.1. The number of nitrogens with one attached hydrogen (secondary N) is 1. The van der Waals surface area contributed by atoms with Gasteiger partial charge in [-0.05, 0) is 56.3 Å². The predicted molar refractivity (Wildman–Crippen MR) is 121 cm³/mol. The van der Waals surface area contributed by atoms with Gasteiger partial charge in [-0.3, -0.25) is 4.99 Å². The molecule has 0 spiro atoms. The van der Waals surface area contributed by atoms with Crippen molar-refractivity contribution >= 4 is 22.5 Å². The van der Waals surface area contributed by atoms with Gasteiger partial charge in [-0.2, -0.15) is 0 Å². The summed E-state index contributed by atoms with van der Waals surface area (Å²) in [6, 6.07) is 8.17. The molecule has 0 radical (unpaired) electrons. The number of fused-ring (bicyclic) bond motifs is 1. The molecule has 142 valence electrons. The molecule has 0 saturated carbocycles. The van der Waals surface area contributed by atoms with E-state index in [1.54, 1.807) is 23.9 Å². The molecular formula is C23H28N2OS. The van der Waals surface area contributed by atoms with Crippen molar-refractivity contribution in [2.75, 3.05) is 12.4 Å². The van der Waals surface area contributed by atoms with Crippen LogP contribution in [-0.4, -0.2) is 23.2 Å². The molecule has 1 aromatic carbocycles. The normalized spacial score (nSPS) is 16.8. The summed E-state index contributed by atoms with van der Waals surface area (Å²) in [5.74, 6) is 6.28. The van der Waals surface area contributed by atoms with E-state index in [-0.39, 0.29) is 6.04 Å². The Morgan fingerprint density at radius 3 is 2.56 bits per heavy atom. The van der Waals surface area contributed by atoms with Crippen molar-refractivity contribution in [2.45, 2.75) is 33.7 Å². The molecule has 3 rings (SSSR count). The van der Waals surface area contributed by atoms with Crippen molar-refractivity contribution in [2.24, 2.45) is 4.99 Å². The van der Waals surface area contributed by atoms with E-state index < -0.39 is 0 Å². The molecule has 1 aliphatic heterocycles. The van der Waals surface area contributed by atoms with Gasteiger partial charge >= 0.3 is 0 Å². The topological polar surface area (TPSA) is 44.6 Å². The minimum Gasteiger partial charge on any atom is -0.508 e. The first-order valence-electron chi connectivity index (χ1n) is 9.04. The number of anilines is 1. The predicted octanol–water partition coefficient (Wildman–Crippen LogP) is 6.10. The second-order valence-corrected chi connectivity index (χ2v) is 6.58. The molecule has 1 unspecified atom stereocenters. The van der Waals surface area contributed by atoms with E-state index in [0.29, 0.717) is 5.76 Å². The number of aliphatic hydroxyl groups excluding tert-OH is 1. The molecule has 1 aliphatic carbocycles. The fourth-order valence-corrected chi connectivity index (χ4v) is 3.09. The van der Waals surface area contributed by atoms with Gasteiger partial charge in [0, 0.05) is 23.2 Å². The van der Waals surface area contributed by atoms with Gasteiger partial charge in [0.05, 0.1) is 5.04 Å². The smallest absolute Gasteiger partial charge is 0.116 e. The largest absolute Gasteiger partial charge is 0.508 e. The maximum Gasteiger partial charge on any atom is 0.116 e. The Bertz CT molecular complexity index is 803. The number of hydrogen-bond donors (Lipinski definition) is 2.